The third kappa shape index (κ3) is 2.77. The van der Waals surface area contributed by atoms with Gasteiger partial charge in [0.1, 0.15) is 11.5 Å². The van der Waals surface area contributed by atoms with Crippen LogP contribution in [0, 0.1) is 0 Å². The van der Waals surface area contributed by atoms with Gasteiger partial charge < -0.3 is 14.6 Å². The van der Waals surface area contributed by atoms with E-state index < -0.39 is 6.10 Å². The van der Waals surface area contributed by atoms with E-state index in [2.05, 4.69) is 5.32 Å². The van der Waals surface area contributed by atoms with Crippen molar-refractivity contribution in [3.63, 3.8) is 0 Å². The van der Waals surface area contributed by atoms with Gasteiger partial charge in [0, 0.05) is 0 Å². The molecule has 1 heterocycles. The molecule has 4 heteroatoms. The summed E-state index contributed by atoms with van der Waals surface area (Å²) in [6.07, 6.45) is -0.567. The summed E-state index contributed by atoms with van der Waals surface area (Å²) in [6.45, 7) is 4.42. The van der Waals surface area contributed by atoms with Gasteiger partial charge in [-0.1, -0.05) is 12.1 Å². The van der Waals surface area contributed by atoms with Crippen molar-refractivity contribution in [1.82, 2.24) is 5.32 Å². The zero-order valence-corrected chi connectivity index (χ0v) is 10.4. The van der Waals surface area contributed by atoms with Crippen molar-refractivity contribution in [2.45, 2.75) is 31.7 Å². The van der Waals surface area contributed by atoms with E-state index in [1.54, 1.807) is 7.11 Å². The molecule has 1 aliphatic heterocycles. The van der Waals surface area contributed by atoms with Gasteiger partial charge in [0.15, 0.2) is 0 Å². The van der Waals surface area contributed by atoms with Crippen LogP contribution in [-0.2, 0) is 4.74 Å². The fourth-order valence-corrected chi connectivity index (χ4v) is 2.03. The maximum Gasteiger partial charge on any atom is 0.118 e. The Morgan fingerprint density at radius 1 is 1.41 bits per heavy atom. The molecule has 1 aliphatic rings. The molecule has 2 atom stereocenters. The van der Waals surface area contributed by atoms with Gasteiger partial charge in [0.05, 0.1) is 25.9 Å². The number of benzene rings is 1. The van der Waals surface area contributed by atoms with Gasteiger partial charge in [0.25, 0.3) is 0 Å². The molecule has 1 aromatic rings. The molecule has 0 amide bonds. The van der Waals surface area contributed by atoms with Gasteiger partial charge in [0.2, 0.25) is 0 Å². The second-order valence-electron chi connectivity index (χ2n) is 4.79. The largest absolute Gasteiger partial charge is 0.497 e. The molecule has 4 nitrogen and oxygen atoms in total. The molecule has 1 aromatic carbocycles. The maximum atomic E-state index is 10.2. The minimum Gasteiger partial charge on any atom is -0.497 e. The molecule has 2 rings (SSSR count). The molecular formula is C13H19NO3. The first-order valence-electron chi connectivity index (χ1n) is 5.75. The topological polar surface area (TPSA) is 50.7 Å². The number of aliphatic hydroxyl groups excluding tert-OH is 1. The van der Waals surface area contributed by atoms with Crippen molar-refractivity contribution in [2.24, 2.45) is 0 Å². The Bertz CT molecular complexity index is 375. The molecule has 2 N–H and O–H groups in total. The Labute approximate surface area is 102 Å². The van der Waals surface area contributed by atoms with Crippen LogP contribution in [0.1, 0.15) is 25.5 Å². The third-order valence-electron chi connectivity index (χ3n) is 3.00. The first-order chi connectivity index (χ1) is 8.02. The lowest BCUT2D eigenvalue weighted by Gasteiger charge is -2.21. The van der Waals surface area contributed by atoms with Crippen LogP contribution in [0.3, 0.4) is 0 Å². The minimum atomic E-state index is -0.567. The zero-order valence-electron chi connectivity index (χ0n) is 10.4. The van der Waals surface area contributed by atoms with Crippen LogP contribution in [0.25, 0.3) is 0 Å². The molecule has 0 unspecified atom stereocenters. The number of nitrogens with one attached hydrogen (secondary N) is 1. The van der Waals surface area contributed by atoms with E-state index >= 15 is 0 Å². The fraction of sp³-hybridized carbons (Fsp3) is 0.538. The summed E-state index contributed by atoms with van der Waals surface area (Å²) < 4.78 is 10.6. The predicted octanol–water partition coefficient (Wildman–Crippen LogP) is 1.45. The average Bonchev–Trinajstić information content (AvgIpc) is 2.69. The highest BCUT2D eigenvalue weighted by Gasteiger charge is 2.35. The highest BCUT2D eigenvalue weighted by Crippen LogP contribution is 2.26. The van der Waals surface area contributed by atoms with Gasteiger partial charge in [-0.15, -0.1) is 0 Å². The van der Waals surface area contributed by atoms with Crippen LogP contribution in [0.2, 0.25) is 0 Å². The van der Waals surface area contributed by atoms with E-state index in [0.29, 0.717) is 6.61 Å². The lowest BCUT2D eigenvalue weighted by Crippen LogP contribution is -2.41. The average molecular weight is 237 g/mol. The Balaban J connectivity index is 2.06. The van der Waals surface area contributed by atoms with Crippen LogP contribution >= 0.6 is 0 Å². The number of aliphatic hydroxyl groups is 1. The highest BCUT2D eigenvalue weighted by molar-refractivity contribution is 5.29. The molecular weight excluding hydrogens is 218 g/mol. The molecule has 1 fully saturated rings. The lowest BCUT2D eigenvalue weighted by molar-refractivity contribution is 0.0225. The molecule has 0 bridgehead atoms. The van der Waals surface area contributed by atoms with Crippen LogP contribution < -0.4 is 10.1 Å². The van der Waals surface area contributed by atoms with Crippen molar-refractivity contribution in [3.05, 3.63) is 29.8 Å². The molecule has 17 heavy (non-hydrogen) atoms. The minimum absolute atomic E-state index is 0.0709. The van der Waals surface area contributed by atoms with Gasteiger partial charge >= 0.3 is 0 Å². The van der Waals surface area contributed by atoms with E-state index in [1.165, 1.54) is 0 Å². The second kappa shape index (κ2) is 4.64. The van der Waals surface area contributed by atoms with Crippen molar-refractivity contribution in [3.8, 4) is 5.75 Å². The van der Waals surface area contributed by atoms with Crippen molar-refractivity contribution in [2.75, 3.05) is 13.7 Å². The second-order valence-corrected chi connectivity index (χ2v) is 4.79. The van der Waals surface area contributed by atoms with Gasteiger partial charge in [-0.2, -0.15) is 0 Å². The van der Waals surface area contributed by atoms with Gasteiger partial charge in [-0.25, -0.2) is 0 Å². The summed E-state index contributed by atoms with van der Waals surface area (Å²) in [5.74, 6) is 0.789. The van der Waals surface area contributed by atoms with Crippen molar-refractivity contribution in [1.29, 1.82) is 0 Å². The Kier molecular flexibility index (Phi) is 3.38. The molecule has 1 saturated heterocycles. The first-order valence-corrected chi connectivity index (χ1v) is 5.75. The molecule has 0 radical (unpaired) electrons. The Morgan fingerprint density at radius 3 is 2.53 bits per heavy atom. The Hall–Kier alpha value is -1.10. The van der Waals surface area contributed by atoms with Crippen molar-refractivity contribution >= 4 is 0 Å². The third-order valence-corrected chi connectivity index (χ3v) is 3.00. The van der Waals surface area contributed by atoms with E-state index in [0.717, 1.165) is 11.3 Å². The summed E-state index contributed by atoms with van der Waals surface area (Å²) >= 11 is 0. The highest BCUT2D eigenvalue weighted by atomic mass is 16.5. The molecule has 0 saturated carbocycles. The SMILES string of the molecule is COc1ccc([C@@H](O)[C@H]2COC(C)(C)N2)cc1. The monoisotopic (exact) mass is 237 g/mol. The van der Waals surface area contributed by atoms with E-state index in [-0.39, 0.29) is 11.8 Å². The van der Waals surface area contributed by atoms with Crippen LogP contribution in [0.15, 0.2) is 24.3 Å². The summed E-state index contributed by atoms with van der Waals surface area (Å²) in [7, 11) is 1.63. The number of ether oxygens (including phenoxy) is 2. The smallest absolute Gasteiger partial charge is 0.118 e. The summed E-state index contributed by atoms with van der Waals surface area (Å²) in [6, 6.07) is 7.37. The van der Waals surface area contributed by atoms with Crippen LogP contribution in [0.5, 0.6) is 5.75 Å². The molecule has 0 aliphatic carbocycles. The Morgan fingerprint density at radius 2 is 2.06 bits per heavy atom. The number of methoxy groups -OCH3 is 1. The summed E-state index contributed by atoms with van der Waals surface area (Å²) in [4.78, 5) is 0. The normalized spacial score (nSPS) is 24.6. The summed E-state index contributed by atoms with van der Waals surface area (Å²) in [5, 5.41) is 13.5. The van der Waals surface area contributed by atoms with E-state index in [9.17, 15) is 5.11 Å². The van der Waals surface area contributed by atoms with Crippen LogP contribution in [-0.4, -0.2) is 30.6 Å². The number of rotatable bonds is 3. The predicted molar refractivity (Wildman–Crippen MR) is 64.9 cm³/mol. The summed E-state index contributed by atoms with van der Waals surface area (Å²) in [5.41, 5.74) is 0.502. The van der Waals surface area contributed by atoms with Gasteiger partial charge in [-0.05, 0) is 31.5 Å². The number of hydrogen-bond donors (Lipinski definition) is 2. The number of hydrogen-bond acceptors (Lipinski definition) is 4. The van der Waals surface area contributed by atoms with E-state index in [1.807, 2.05) is 38.1 Å². The zero-order chi connectivity index (χ0) is 12.5. The quantitative estimate of drug-likeness (QED) is 0.835. The van der Waals surface area contributed by atoms with E-state index in [4.69, 9.17) is 9.47 Å². The van der Waals surface area contributed by atoms with Crippen molar-refractivity contribution < 1.29 is 14.6 Å². The van der Waals surface area contributed by atoms with Gasteiger partial charge in [-0.3, -0.25) is 5.32 Å². The molecule has 94 valence electrons. The standard InChI is InChI=1S/C13H19NO3/c1-13(2)14-11(8-17-13)12(15)9-4-6-10(16-3)7-5-9/h4-7,11-12,14-15H,8H2,1-3H3/t11-,12-/m1/s1. The maximum absolute atomic E-state index is 10.2. The molecule has 0 aromatic heterocycles. The lowest BCUT2D eigenvalue weighted by atomic mass is 10.0. The fourth-order valence-electron chi connectivity index (χ4n) is 2.03. The van der Waals surface area contributed by atoms with Crippen LogP contribution in [0.4, 0.5) is 0 Å². The molecule has 0 spiro atoms. The first kappa shape index (κ1) is 12.4.